The maximum atomic E-state index is 12.1. The Morgan fingerprint density at radius 2 is 1.95 bits per heavy atom. The first-order valence-corrected chi connectivity index (χ1v) is 7.10. The van der Waals surface area contributed by atoms with Crippen molar-refractivity contribution in [1.29, 1.82) is 0 Å². The van der Waals surface area contributed by atoms with Crippen molar-refractivity contribution < 1.29 is 14.1 Å². The van der Waals surface area contributed by atoms with Gasteiger partial charge in [-0.15, -0.1) is 0 Å². The van der Waals surface area contributed by atoms with E-state index in [0.717, 1.165) is 10.5 Å². The Kier molecular flexibility index (Phi) is 3.41. The van der Waals surface area contributed by atoms with Crippen LogP contribution in [0.15, 0.2) is 34.9 Å². The van der Waals surface area contributed by atoms with Crippen LogP contribution in [0.3, 0.4) is 0 Å². The van der Waals surface area contributed by atoms with Gasteiger partial charge in [0.25, 0.3) is 5.91 Å². The molecule has 1 aromatic heterocycles. The second-order valence-electron chi connectivity index (χ2n) is 5.63. The number of carbonyl (C=O) groups excluding carboxylic acids is 2. The monoisotopic (exact) mass is 319 g/mol. The first-order chi connectivity index (χ1) is 10.4. The smallest absolute Gasteiger partial charge is 0.325 e. The second-order valence-corrected chi connectivity index (χ2v) is 6.07. The molecule has 1 fully saturated rings. The molecule has 0 atom stereocenters. The lowest BCUT2D eigenvalue weighted by atomic mass is 10.1. The fraction of sp³-hybridized carbons (Fsp3) is 0.267. The number of benzene rings is 1. The second kappa shape index (κ2) is 5.14. The normalized spacial score (nSPS) is 17.0. The van der Waals surface area contributed by atoms with Crippen molar-refractivity contribution in [3.8, 4) is 11.3 Å². The minimum atomic E-state index is -0.893. The Morgan fingerprint density at radius 1 is 1.27 bits per heavy atom. The molecule has 0 aliphatic carbocycles. The summed E-state index contributed by atoms with van der Waals surface area (Å²) in [6, 6.07) is 8.42. The topological polar surface area (TPSA) is 75.4 Å². The molecule has 0 saturated carbocycles. The zero-order chi connectivity index (χ0) is 15.9. The van der Waals surface area contributed by atoms with Gasteiger partial charge >= 0.3 is 6.03 Å². The van der Waals surface area contributed by atoms with Crippen LogP contribution in [0.25, 0.3) is 11.3 Å². The highest BCUT2D eigenvalue weighted by atomic mass is 35.5. The molecule has 0 bridgehead atoms. The lowest BCUT2D eigenvalue weighted by molar-refractivity contribution is -0.130. The van der Waals surface area contributed by atoms with E-state index in [9.17, 15) is 9.59 Å². The molecule has 22 heavy (non-hydrogen) atoms. The van der Waals surface area contributed by atoms with Crippen LogP contribution in [-0.4, -0.2) is 27.5 Å². The number of amides is 3. The van der Waals surface area contributed by atoms with Gasteiger partial charge < -0.3 is 9.84 Å². The number of hydrogen-bond donors (Lipinski definition) is 1. The SMILES string of the molecule is CC1(C)NC(=O)N(Cc2cc(-c3ccc(Cl)cc3)no2)C1=O. The van der Waals surface area contributed by atoms with Gasteiger partial charge in [-0.3, -0.25) is 9.69 Å². The highest BCUT2D eigenvalue weighted by molar-refractivity contribution is 6.30. The minimum absolute atomic E-state index is 0.0503. The largest absolute Gasteiger partial charge is 0.359 e. The predicted molar refractivity (Wildman–Crippen MR) is 80.1 cm³/mol. The maximum absolute atomic E-state index is 12.1. The number of aromatic nitrogens is 1. The predicted octanol–water partition coefficient (Wildman–Crippen LogP) is 2.83. The van der Waals surface area contributed by atoms with Gasteiger partial charge in [0.2, 0.25) is 0 Å². The van der Waals surface area contributed by atoms with E-state index in [4.69, 9.17) is 16.1 Å². The van der Waals surface area contributed by atoms with Crippen LogP contribution in [0.2, 0.25) is 5.02 Å². The standard InChI is InChI=1S/C15H14ClN3O3/c1-15(2)13(20)19(14(21)17-15)8-11-7-12(18-22-11)9-3-5-10(16)6-4-9/h3-7H,8H2,1-2H3,(H,17,21). The Labute approximate surface area is 132 Å². The van der Waals surface area contributed by atoms with Crippen LogP contribution in [-0.2, 0) is 11.3 Å². The molecule has 0 unspecified atom stereocenters. The quantitative estimate of drug-likeness (QED) is 0.883. The molecular formula is C15H14ClN3O3. The molecule has 1 aromatic carbocycles. The van der Waals surface area contributed by atoms with Gasteiger partial charge in [0.05, 0.1) is 6.54 Å². The molecule has 1 aliphatic rings. The molecule has 1 N–H and O–H groups in total. The van der Waals surface area contributed by atoms with Crippen LogP contribution in [0, 0.1) is 0 Å². The van der Waals surface area contributed by atoms with Crippen LogP contribution in [0.1, 0.15) is 19.6 Å². The number of urea groups is 1. The summed E-state index contributed by atoms with van der Waals surface area (Å²) in [5, 5.41) is 7.21. The van der Waals surface area contributed by atoms with Crippen LogP contribution in [0.4, 0.5) is 4.79 Å². The summed E-state index contributed by atoms with van der Waals surface area (Å²) in [4.78, 5) is 25.1. The third-order valence-corrected chi connectivity index (χ3v) is 3.71. The molecule has 2 aromatic rings. The fourth-order valence-electron chi connectivity index (χ4n) is 2.26. The zero-order valence-electron chi connectivity index (χ0n) is 12.1. The van der Waals surface area contributed by atoms with Gasteiger partial charge in [-0.05, 0) is 26.0 Å². The molecule has 1 saturated heterocycles. The molecular weight excluding hydrogens is 306 g/mol. The number of imide groups is 1. The van der Waals surface area contributed by atoms with E-state index < -0.39 is 11.6 Å². The summed E-state index contributed by atoms with van der Waals surface area (Å²) in [7, 11) is 0. The third kappa shape index (κ3) is 2.57. The van der Waals surface area contributed by atoms with E-state index in [2.05, 4.69) is 10.5 Å². The van der Waals surface area contributed by atoms with E-state index >= 15 is 0 Å². The van der Waals surface area contributed by atoms with Gasteiger partial charge in [0, 0.05) is 16.7 Å². The highest BCUT2D eigenvalue weighted by Gasteiger charge is 2.44. The summed E-state index contributed by atoms with van der Waals surface area (Å²) in [5.74, 6) is 0.146. The van der Waals surface area contributed by atoms with E-state index in [-0.39, 0.29) is 12.5 Å². The molecule has 114 valence electrons. The van der Waals surface area contributed by atoms with Crippen molar-refractivity contribution in [2.24, 2.45) is 0 Å². The number of rotatable bonds is 3. The van der Waals surface area contributed by atoms with Crippen LogP contribution >= 0.6 is 11.6 Å². The van der Waals surface area contributed by atoms with Gasteiger partial charge in [0.1, 0.15) is 11.2 Å². The Morgan fingerprint density at radius 3 is 2.55 bits per heavy atom. The maximum Gasteiger partial charge on any atom is 0.325 e. The molecule has 3 rings (SSSR count). The van der Waals surface area contributed by atoms with Gasteiger partial charge in [0.15, 0.2) is 5.76 Å². The van der Waals surface area contributed by atoms with Crippen molar-refractivity contribution in [2.75, 3.05) is 0 Å². The van der Waals surface area contributed by atoms with E-state index in [1.807, 2.05) is 12.1 Å². The Hall–Kier alpha value is -2.34. The number of carbonyl (C=O) groups is 2. The highest BCUT2D eigenvalue weighted by Crippen LogP contribution is 2.24. The number of nitrogens with zero attached hydrogens (tertiary/aromatic N) is 2. The lowest BCUT2D eigenvalue weighted by Gasteiger charge is -2.14. The summed E-state index contributed by atoms with van der Waals surface area (Å²) >= 11 is 5.84. The first kappa shape index (κ1) is 14.6. The van der Waals surface area contributed by atoms with Crippen molar-refractivity contribution in [3.63, 3.8) is 0 Å². The third-order valence-electron chi connectivity index (χ3n) is 3.46. The fourth-order valence-corrected chi connectivity index (χ4v) is 2.39. The van der Waals surface area contributed by atoms with Gasteiger partial charge in [-0.2, -0.15) is 0 Å². The zero-order valence-corrected chi connectivity index (χ0v) is 12.8. The molecule has 1 aliphatic heterocycles. The van der Waals surface area contributed by atoms with Crippen LogP contribution < -0.4 is 5.32 Å². The molecule has 0 radical (unpaired) electrons. The summed E-state index contributed by atoms with van der Waals surface area (Å²) in [6.07, 6.45) is 0. The molecule has 3 amide bonds. The van der Waals surface area contributed by atoms with Gasteiger partial charge in [-0.1, -0.05) is 28.9 Å². The average Bonchev–Trinajstić information content (AvgIpc) is 2.99. The van der Waals surface area contributed by atoms with Gasteiger partial charge in [-0.25, -0.2) is 4.79 Å². The molecule has 0 spiro atoms. The summed E-state index contributed by atoms with van der Waals surface area (Å²) in [6.45, 7) is 3.37. The summed E-state index contributed by atoms with van der Waals surface area (Å²) in [5.41, 5.74) is 0.575. The molecule has 6 nitrogen and oxygen atoms in total. The Balaban J connectivity index is 1.79. The van der Waals surface area contributed by atoms with E-state index in [1.54, 1.807) is 32.0 Å². The van der Waals surface area contributed by atoms with Crippen molar-refractivity contribution in [3.05, 3.63) is 41.1 Å². The van der Waals surface area contributed by atoms with Crippen LogP contribution in [0.5, 0.6) is 0 Å². The van der Waals surface area contributed by atoms with E-state index in [1.165, 1.54) is 0 Å². The first-order valence-electron chi connectivity index (χ1n) is 6.72. The van der Waals surface area contributed by atoms with Crippen molar-refractivity contribution >= 4 is 23.5 Å². The molecule has 7 heteroatoms. The number of hydrogen-bond acceptors (Lipinski definition) is 4. The Bertz CT molecular complexity index is 737. The number of halogens is 1. The van der Waals surface area contributed by atoms with Crippen molar-refractivity contribution in [1.82, 2.24) is 15.4 Å². The summed E-state index contributed by atoms with van der Waals surface area (Å²) < 4.78 is 5.22. The molecule has 2 heterocycles. The van der Waals surface area contributed by atoms with Crippen molar-refractivity contribution in [2.45, 2.75) is 25.9 Å². The number of nitrogens with one attached hydrogen (secondary N) is 1. The van der Waals surface area contributed by atoms with E-state index in [0.29, 0.717) is 16.5 Å². The average molecular weight is 320 g/mol. The minimum Gasteiger partial charge on any atom is -0.359 e. The lowest BCUT2D eigenvalue weighted by Crippen LogP contribution is -2.40.